The molecule has 0 unspecified atom stereocenters. The van der Waals surface area contributed by atoms with Gasteiger partial charge in [0.05, 0.1) is 0 Å². The quantitative estimate of drug-likeness (QED) is 0.665. The Bertz CT molecular complexity index is 264. The Kier molecular flexibility index (Phi) is 3.80. The Balaban J connectivity index is 1.58. The molecule has 84 valence electrons. The van der Waals surface area contributed by atoms with Gasteiger partial charge in [0, 0.05) is 37.6 Å². The molecule has 2 N–H and O–H groups in total. The highest BCUT2D eigenvalue weighted by Crippen LogP contribution is 2.25. The van der Waals surface area contributed by atoms with Gasteiger partial charge < -0.3 is 10.3 Å². The van der Waals surface area contributed by atoms with Crippen molar-refractivity contribution < 1.29 is 0 Å². The fraction of sp³-hybridized carbons (Fsp3) is 0.667. The van der Waals surface area contributed by atoms with Crippen LogP contribution in [0.15, 0.2) is 18.3 Å². The smallest absolute Gasteiger partial charge is 0.0357 e. The zero-order chi connectivity index (χ0) is 10.5. The zero-order valence-electron chi connectivity index (χ0n) is 9.50. The minimum atomic E-state index is 0.891. The maximum absolute atomic E-state index is 3.46. The van der Waals surface area contributed by atoms with E-state index in [1.807, 2.05) is 12.3 Å². The molecule has 1 aliphatic rings. The molecule has 0 bridgehead atoms. The predicted molar refractivity (Wildman–Crippen MR) is 62.8 cm³/mol. The van der Waals surface area contributed by atoms with Crippen molar-refractivity contribution in [2.45, 2.75) is 32.4 Å². The van der Waals surface area contributed by atoms with Gasteiger partial charge in [0.15, 0.2) is 0 Å². The van der Waals surface area contributed by atoms with E-state index in [1.165, 1.54) is 31.6 Å². The number of H-pyrrole nitrogens is 1. The predicted octanol–water partition coefficient (Wildman–Crippen LogP) is 1.59. The summed E-state index contributed by atoms with van der Waals surface area (Å²) in [7, 11) is 0. The van der Waals surface area contributed by atoms with Crippen molar-refractivity contribution in [2.24, 2.45) is 0 Å². The molecule has 1 heterocycles. The second-order valence-corrected chi connectivity index (χ2v) is 4.23. The van der Waals surface area contributed by atoms with E-state index in [9.17, 15) is 0 Å². The van der Waals surface area contributed by atoms with Crippen molar-refractivity contribution >= 4 is 0 Å². The molecular formula is C12H21N3. The number of rotatable bonds is 7. The van der Waals surface area contributed by atoms with Crippen LogP contribution in [0.4, 0.5) is 0 Å². The normalized spacial score (nSPS) is 16.1. The summed E-state index contributed by atoms with van der Waals surface area (Å²) in [5.41, 5.74) is 1.27. The maximum Gasteiger partial charge on any atom is 0.0357 e. The SMILES string of the molecule is CCN(CCNCc1ccc[nH]1)C1CC1. The number of nitrogens with one attached hydrogen (secondary N) is 2. The van der Waals surface area contributed by atoms with E-state index in [0.29, 0.717) is 0 Å². The lowest BCUT2D eigenvalue weighted by molar-refractivity contribution is 0.277. The Morgan fingerprint density at radius 2 is 2.40 bits per heavy atom. The maximum atomic E-state index is 3.46. The van der Waals surface area contributed by atoms with Crippen LogP contribution in [0, 0.1) is 0 Å². The summed E-state index contributed by atoms with van der Waals surface area (Å²) in [4.78, 5) is 5.77. The standard InChI is InChI=1S/C12H21N3/c1-2-15(12-5-6-12)9-8-13-10-11-4-3-7-14-11/h3-4,7,12-14H,2,5-6,8-10H2,1H3. The summed E-state index contributed by atoms with van der Waals surface area (Å²) in [6, 6.07) is 5.05. The molecule has 0 aliphatic heterocycles. The van der Waals surface area contributed by atoms with Crippen molar-refractivity contribution in [1.82, 2.24) is 15.2 Å². The van der Waals surface area contributed by atoms with Crippen LogP contribution in [0.2, 0.25) is 0 Å². The first-order chi connectivity index (χ1) is 7.40. The number of hydrogen-bond acceptors (Lipinski definition) is 2. The van der Waals surface area contributed by atoms with E-state index in [1.54, 1.807) is 0 Å². The summed E-state index contributed by atoms with van der Waals surface area (Å²) < 4.78 is 0. The first-order valence-electron chi connectivity index (χ1n) is 5.97. The molecule has 3 heteroatoms. The molecule has 1 aromatic rings. The molecule has 0 atom stereocenters. The van der Waals surface area contributed by atoms with Gasteiger partial charge in [-0.25, -0.2) is 0 Å². The number of likely N-dealkylation sites (N-methyl/N-ethyl adjacent to an activating group) is 1. The van der Waals surface area contributed by atoms with Crippen molar-refractivity contribution in [3.05, 3.63) is 24.0 Å². The average Bonchev–Trinajstić information content (AvgIpc) is 2.95. The number of hydrogen-bond donors (Lipinski definition) is 2. The molecular weight excluding hydrogens is 186 g/mol. The van der Waals surface area contributed by atoms with Crippen molar-refractivity contribution in [2.75, 3.05) is 19.6 Å². The van der Waals surface area contributed by atoms with Gasteiger partial charge in [0.25, 0.3) is 0 Å². The van der Waals surface area contributed by atoms with Gasteiger partial charge in [0.1, 0.15) is 0 Å². The van der Waals surface area contributed by atoms with E-state index in [4.69, 9.17) is 0 Å². The van der Waals surface area contributed by atoms with Gasteiger partial charge in [-0.1, -0.05) is 6.92 Å². The molecule has 0 amide bonds. The lowest BCUT2D eigenvalue weighted by Gasteiger charge is -2.19. The molecule has 0 aromatic carbocycles. The van der Waals surface area contributed by atoms with Gasteiger partial charge in [0.2, 0.25) is 0 Å². The lowest BCUT2D eigenvalue weighted by Crippen LogP contribution is -2.33. The second kappa shape index (κ2) is 5.33. The van der Waals surface area contributed by atoms with E-state index >= 15 is 0 Å². The molecule has 0 radical (unpaired) electrons. The highest BCUT2D eigenvalue weighted by Gasteiger charge is 2.26. The molecule has 1 aromatic heterocycles. The van der Waals surface area contributed by atoms with Crippen LogP contribution in [-0.4, -0.2) is 35.6 Å². The van der Waals surface area contributed by atoms with Crippen LogP contribution < -0.4 is 5.32 Å². The van der Waals surface area contributed by atoms with Gasteiger partial charge in [-0.2, -0.15) is 0 Å². The summed E-state index contributed by atoms with van der Waals surface area (Å²) in [5.74, 6) is 0. The molecule has 3 nitrogen and oxygen atoms in total. The van der Waals surface area contributed by atoms with Gasteiger partial charge in [-0.3, -0.25) is 4.90 Å². The van der Waals surface area contributed by atoms with E-state index < -0.39 is 0 Å². The highest BCUT2D eigenvalue weighted by atomic mass is 15.2. The highest BCUT2D eigenvalue weighted by molar-refractivity contribution is 5.02. The second-order valence-electron chi connectivity index (χ2n) is 4.23. The average molecular weight is 207 g/mol. The van der Waals surface area contributed by atoms with E-state index in [2.05, 4.69) is 28.2 Å². The first-order valence-corrected chi connectivity index (χ1v) is 5.97. The van der Waals surface area contributed by atoms with Gasteiger partial charge >= 0.3 is 0 Å². The van der Waals surface area contributed by atoms with Crippen LogP contribution in [-0.2, 0) is 6.54 Å². The van der Waals surface area contributed by atoms with Crippen LogP contribution in [0.25, 0.3) is 0 Å². The molecule has 0 saturated heterocycles. The molecule has 15 heavy (non-hydrogen) atoms. The van der Waals surface area contributed by atoms with Crippen LogP contribution in [0.3, 0.4) is 0 Å². The molecule has 0 spiro atoms. The molecule has 1 saturated carbocycles. The summed E-state index contributed by atoms with van der Waals surface area (Å²) in [6.07, 6.45) is 4.79. The largest absolute Gasteiger partial charge is 0.364 e. The Labute approximate surface area is 91.9 Å². The Hall–Kier alpha value is -0.800. The van der Waals surface area contributed by atoms with E-state index in [0.717, 1.165) is 19.1 Å². The minimum Gasteiger partial charge on any atom is -0.364 e. The topological polar surface area (TPSA) is 31.1 Å². The van der Waals surface area contributed by atoms with Crippen LogP contribution in [0.5, 0.6) is 0 Å². The van der Waals surface area contributed by atoms with Crippen molar-refractivity contribution in [1.29, 1.82) is 0 Å². The number of nitrogens with zero attached hydrogens (tertiary/aromatic N) is 1. The van der Waals surface area contributed by atoms with Crippen molar-refractivity contribution in [3.63, 3.8) is 0 Å². The van der Waals surface area contributed by atoms with E-state index in [-0.39, 0.29) is 0 Å². The summed E-state index contributed by atoms with van der Waals surface area (Å²) in [5, 5.41) is 3.46. The zero-order valence-corrected chi connectivity index (χ0v) is 9.50. The first kappa shape index (κ1) is 10.7. The third-order valence-corrected chi connectivity index (χ3v) is 3.02. The van der Waals surface area contributed by atoms with Gasteiger partial charge in [-0.05, 0) is 31.5 Å². The molecule has 1 fully saturated rings. The van der Waals surface area contributed by atoms with Crippen LogP contribution >= 0.6 is 0 Å². The third-order valence-electron chi connectivity index (χ3n) is 3.02. The lowest BCUT2D eigenvalue weighted by atomic mass is 10.4. The molecule has 1 aliphatic carbocycles. The minimum absolute atomic E-state index is 0.891. The van der Waals surface area contributed by atoms with Crippen LogP contribution in [0.1, 0.15) is 25.5 Å². The Morgan fingerprint density at radius 3 is 3.00 bits per heavy atom. The van der Waals surface area contributed by atoms with Crippen molar-refractivity contribution in [3.8, 4) is 0 Å². The molecule has 2 rings (SSSR count). The number of aromatic nitrogens is 1. The third kappa shape index (κ3) is 3.36. The summed E-state index contributed by atoms with van der Waals surface area (Å²) >= 11 is 0. The monoisotopic (exact) mass is 207 g/mol. The fourth-order valence-electron chi connectivity index (χ4n) is 1.96. The number of aromatic amines is 1. The Morgan fingerprint density at radius 1 is 1.53 bits per heavy atom. The summed E-state index contributed by atoms with van der Waals surface area (Å²) in [6.45, 7) is 6.67. The fourth-order valence-corrected chi connectivity index (χ4v) is 1.96. The van der Waals surface area contributed by atoms with Gasteiger partial charge in [-0.15, -0.1) is 0 Å².